The largest absolute Gasteiger partial charge is 0.326 e. The third-order valence-electron chi connectivity index (χ3n) is 2.69. The first-order valence-corrected chi connectivity index (χ1v) is 5.83. The molecule has 0 saturated carbocycles. The lowest BCUT2D eigenvalue weighted by Gasteiger charge is -2.16. The second-order valence-electron chi connectivity index (χ2n) is 4.22. The van der Waals surface area contributed by atoms with E-state index in [4.69, 9.17) is 5.73 Å². The smallest absolute Gasteiger partial charge is 0.128 e. The fourth-order valence-electron chi connectivity index (χ4n) is 1.64. The number of unbranched alkanes of at least 4 members (excludes halogenated alkanes) is 1. The molecule has 90 valence electrons. The Balaban J connectivity index is 2.59. The molecule has 1 aromatic rings. The van der Waals surface area contributed by atoms with Crippen LogP contribution in [0, 0.1) is 5.82 Å². The highest BCUT2D eigenvalue weighted by atomic mass is 19.1. The lowest BCUT2D eigenvalue weighted by Crippen LogP contribution is -2.19. The fraction of sp³-hybridized carbons (Fsp3) is 0.538. The highest BCUT2D eigenvalue weighted by Crippen LogP contribution is 2.12. The Hall–Kier alpha value is -0.930. The summed E-state index contributed by atoms with van der Waals surface area (Å²) in [5.74, 6) is -0.147. The van der Waals surface area contributed by atoms with Crippen LogP contribution in [-0.4, -0.2) is 18.5 Å². The molecule has 1 aromatic carbocycles. The Bertz CT molecular complexity index is 326. The van der Waals surface area contributed by atoms with Crippen LogP contribution in [0.5, 0.6) is 0 Å². The van der Waals surface area contributed by atoms with E-state index in [-0.39, 0.29) is 5.82 Å². The van der Waals surface area contributed by atoms with Gasteiger partial charge in [-0.05, 0) is 31.6 Å². The van der Waals surface area contributed by atoms with Gasteiger partial charge in [0, 0.05) is 18.7 Å². The SMILES string of the molecule is CCCCN(C)Cc1ccc(CN)cc1F. The molecule has 2 nitrogen and oxygen atoms in total. The Morgan fingerprint density at radius 1 is 1.38 bits per heavy atom. The molecule has 0 unspecified atom stereocenters. The van der Waals surface area contributed by atoms with Gasteiger partial charge in [0.05, 0.1) is 0 Å². The van der Waals surface area contributed by atoms with Crippen molar-refractivity contribution in [2.24, 2.45) is 5.73 Å². The van der Waals surface area contributed by atoms with Crippen LogP contribution in [0.2, 0.25) is 0 Å². The van der Waals surface area contributed by atoms with E-state index < -0.39 is 0 Å². The molecule has 1 rings (SSSR count). The van der Waals surface area contributed by atoms with Crippen LogP contribution in [0.15, 0.2) is 18.2 Å². The van der Waals surface area contributed by atoms with Crippen molar-refractivity contribution >= 4 is 0 Å². The van der Waals surface area contributed by atoms with E-state index >= 15 is 0 Å². The lowest BCUT2D eigenvalue weighted by atomic mass is 10.1. The quantitative estimate of drug-likeness (QED) is 0.804. The molecule has 16 heavy (non-hydrogen) atoms. The van der Waals surface area contributed by atoms with Crippen LogP contribution in [0.1, 0.15) is 30.9 Å². The summed E-state index contributed by atoms with van der Waals surface area (Å²) in [4.78, 5) is 2.14. The minimum atomic E-state index is -0.147. The summed E-state index contributed by atoms with van der Waals surface area (Å²) in [5, 5.41) is 0. The van der Waals surface area contributed by atoms with Gasteiger partial charge in [0.25, 0.3) is 0 Å². The number of rotatable bonds is 6. The lowest BCUT2D eigenvalue weighted by molar-refractivity contribution is 0.315. The van der Waals surface area contributed by atoms with Crippen molar-refractivity contribution in [1.29, 1.82) is 0 Å². The Morgan fingerprint density at radius 3 is 2.69 bits per heavy atom. The van der Waals surface area contributed by atoms with Gasteiger partial charge in [0.15, 0.2) is 0 Å². The summed E-state index contributed by atoms with van der Waals surface area (Å²) in [7, 11) is 2.02. The molecule has 0 aliphatic carbocycles. The van der Waals surface area contributed by atoms with Crippen LogP contribution in [-0.2, 0) is 13.1 Å². The van der Waals surface area contributed by atoms with Gasteiger partial charge in [0.2, 0.25) is 0 Å². The normalized spacial score (nSPS) is 11.1. The summed E-state index contributed by atoms with van der Waals surface area (Å²) in [6, 6.07) is 5.26. The predicted molar refractivity (Wildman–Crippen MR) is 65.5 cm³/mol. The average molecular weight is 224 g/mol. The molecule has 0 radical (unpaired) electrons. The van der Waals surface area contributed by atoms with E-state index in [9.17, 15) is 4.39 Å². The highest BCUT2D eigenvalue weighted by Gasteiger charge is 2.06. The molecule has 0 aliphatic heterocycles. The van der Waals surface area contributed by atoms with Gasteiger partial charge in [0.1, 0.15) is 5.82 Å². The summed E-state index contributed by atoms with van der Waals surface area (Å²) in [6.45, 7) is 4.22. The van der Waals surface area contributed by atoms with Gasteiger partial charge < -0.3 is 10.6 Å². The van der Waals surface area contributed by atoms with Crippen molar-refractivity contribution in [2.75, 3.05) is 13.6 Å². The zero-order valence-electron chi connectivity index (χ0n) is 10.2. The maximum absolute atomic E-state index is 13.6. The molecular weight excluding hydrogens is 203 g/mol. The Morgan fingerprint density at radius 2 is 2.12 bits per heavy atom. The monoisotopic (exact) mass is 224 g/mol. The van der Waals surface area contributed by atoms with Crippen LogP contribution >= 0.6 is 0 Å². The van der Waals surface area contributed by atoms with Gasteiger partial charge in [-0.3, -0.25) is 0 Å². The molecule has 0 bridgehead atoms. The van der Waals surface area contributed by atoms with E-state index in [1.807, 2.05) is 19.2 Å². The highest BCUT2D eigenvalue weighted by molar-refractivity contribution is 5.24. The zero-order valence-corrected chi connectivity index (χ0v) is 10.2. The number of benzene rings is 1. The molecule has 0 saturated heterocycles. The molecule has 0 spiro atoms. The number of nitrogens with zero attached hydrogens (tertiary/aromatic N) is 1. The second kappa shape index (κ2) is 6.61. The second-order valence-corrected chi connectivity index (χ2v) is 4.22. The Labute approximate surface area is 97.3 Å². The maximum Gasteiger partial charge on any atom is 0.128 e. The minimum Gasteiger partial charge on any atom is -0.326 e. The predicted octanol–water partition coefficient (Wildman–Crippen LogP) is 2.52. The van der Waals surface area contributed by atoms with E-state index in [0.717, 1.165) is 24.1 Å². The van der Waals surface area contributed by atoms with Crippen LogP contribution in [0.25, 0.3) is 0 Å². The molecule has 0 aliphatic rings. The maximum atomic E-state index is 13.6. The fourth-order valence-corrected chi connectivity index (χ4v) is 1.64. The van der Waals surface area contributed by atoms with Crippen molar-refractivity contribution in [1.82, 2.24) is 4.90 Å². The number of halogens is 1. The first-order chi connectivity index (χ1) is 7.67. The van der Waals surface area contributed by atoms with E-state index in [1.165, 1.54) is 12.5 Å². The van der Waals surface area contributed by atoms with Crippen molar-refractivity contribution in [3.05, 3.63) is 35.1 Å². The van der Waals surface area contributed by atoms with Crippen molar-refractivity contribution in [3.8, 4) is 0 Å². The van der Waals surface area contributed by atoms with Gasteiger partial charge in [-0.25, -0.2) is 4.39 Å². The third kappa shape index (κ3) is 3.91. The molecule has 0 amide bonds. The van der Waals surface area contributed by atoms with Crippen LogP contribution < -0.4 is 5.73 Å². The molecule has 0 aromatic heterocycles. The number of hydrogen-bond acceptors (Lipinski definition) is 2. The number of nitrogens with two attached hydrogens (primary N) is 1. The van der Waals surface area contributed by atoms with Crippen LogP contribution in [0.3, 0.4) is 0 Å². The molecule has 0 fully saturated rings. The zero-order chi connectivity index (χ0) is 12.0. The van der Waals surface area contributed by atoms with Crippen molar-refractivity contribution < 1.29 is 4.39 Å². The van der Waals surface area contributed by atoms with Crippen molar-refractivity contribution in [3.63, 3.8) is 0 Å². The van der Waals surface area contributed by atoms with Crippen LogP contribution in [0.4, 0.5) is 4.39 Å². The first-order valence-electron chi connectivity index (χ1n) is 5.83. The molecule has 2 N–H and O–H groups in total. The Kier molecular flexibility index (Phi) is 5.43. The summed E-state index contributed by atoms with van der Waals surface area (Å²) in [5.41, 5.74) is 7.05. The van der Waals surface area contributed by atoms with E-state index in [2.05, 4.69) is 11.8 Å². The number of hydrogen-bond donors (Lipinski definition) is 1. The summed E-state index contributed by atoms with van der Waals surface area (Å²) < 4.78 is 13.6. The van der Waals surface area contributed by atoms with Gasteiger partial charge in [-0.2, -0.15) is 0 Å². The van der Waals surface area contributed by atoms with Gasteiger partial charge in [-0.15, -0.1) is 0 Å². The molecule has 3 heteroatoms. The topological polar surface area (TPSA) is 29.3 Å². The van der Waals surface area contributed by atoms with E-state index in [0.29, 0.717) is 13.1 Å². The van der Waals surface area contributed by atoms with Gasteiger partial charge in [-0.1, -0.05) is 25.5 Å². The van der Waals surface area contributed by atoms with E-state index in [1.54, 1.807) is 0 Å². The third-order valence-corrected chi connectivity index (χ3v) is 2.69. The van der Waals surface area contributed by atoms with Crippen molar-refractivity contribution in [2.45, 2.75) is 32.9 Å². The molecule has 0 heterocycles. The first kappa shape index (κ1) is 13.1. The standard InChI is InChI=1S/C13H21FN2/c1-3-4-7-16(2)10-12-6-5-11(9-15)8-13(12)14/h5-6,8H,3-4,7,9-10,15H2,1-2H3. The average Bonchev–Trinajstić information content (AvgIpc) is 2.29. The van der Waals surface area contributed by atoms with Gasteiger partial charge >= 0.3 is 0 Å². The molecular formula is C13H21FN2. The molecule has 0 atom stereocenters. The summed E-state index contributed by atoms with van der Waals surface area (Å²) >= 11 is 0. The minimum absolute atomic E-state index is 0.147. The summed E-state index contributed by atoms with van der Waals surface area (Å²) in [6.07, 6.45) is 2.32.